The number of hydrogen-bond donors (Lipinski definition) is 2. The van der Waals surface area contributed by atoms with E-state index in [0.717, 1.165) is 18.0 Å². The van der Waals surface area contributed by atoms with Gasteiger partial charge >= 0.3 is 7.12 Å². The molecule has 1 saturated heterocycles. The molecule has 37 heavy (non-hydrogen) atoms. The highest BCUT2D eigenvalue weighted by molar-refractivity contribution is 6.58. The van der Waals surface area contributed by atoms with Crippen LogP contribution in [0.1, 0.15) is 25.3 Å². The fourth-order valence-electron chi connectivity index (χ4n) is 4.56. The van der Waals surface area contributed by atoms with Gasteiger partial charge < -0.3 is 24.4 Å². The average Bonchev–Trinajstić information content (AvgIpc) is 3.36. The van der Waals surface area contributed by atoms with Crippen molar-refractivity contribution < 1.29 is 19.5 Å². The molecule has 1 aliphatic heterocycles. The molecule has 0 amide bonds. The lowest BCUT2D eigenvalue weighted by atomic mass is 9.82. The molecule has 4 aromatic rings. The number of hydrogen-bond acceptors (Lipinski definition) is 7. The fraction of sp³-hybridized carbons (Fsp3) is 0.310. The third kappa shape index (κ3) is 7.07. The lowest BCUT2D eigenvalue weighted by Gasteiger charge is -2.20. The van der Waals surface area contributed by atoms with Gasteiger partial charge in [0, 0.05) is 42.1 Å². The fourth-order valence-corrected chi connectivity index (χ4v) is 4.56. The van der Waals surface area contributed by atoms with E-state index in [9.17, 15) is 0 Å². The predicted molar refractivity (Wildman–Crippen MR) is 148 cm³/mol. The first kappa shape index (κ1) is 26.6. The zero-order valence-corrected chi connectivity index (χ0v) is 21.7. The molecule has 7 nitrogen and oxygen atoms in total. The van der Waals surface area contributed by atoms with E-state index in [2.05, 4.69) is 64.3 Å². The SMILES string of the molecule is COc1ccc(-c2ccc3cc(CCN4CCC[C@H]4C)ccc3c2)cn1.COc1ccc(B(O)O)cn1. The minimum absolute atomic E-state index is 0.353. The van der Waals surface area contributed by atoms with Crippen molar-refractivity contribution >= 4 is 23.4 Å². The summed E-state index contributed by atoms with van der Waals surface area (Å²) in [6.45, 7) is 4.78. The van der Waals surface area contributed by atoms with Gasteiger partial charge in [-0.1, -0.05) is 36.4 Å². The van der Waals surface area contributed by atoms with Gasteiger partial charge in [0.25, 0.3) is 0 Å². The topological polar surface area (TPSA) is 87.9 Å². The van der Waals surface area contributed by atoms with Gasteiger partial charge in [0.2, 0.25) is 11.8 Å². The maximum atomic E-state index is 8.66. The molecule has 1 fully saturated rings. The molecule has 0 spiro atoms. The zero-order valence-electron chi connectivity index (χ0n) is 21.7. The molecular formula is C29H34BN3O4. The van der Waals surface area contributed by atoms with Crippen molar-refractivity contribution in [2.75, 3.05) is 27.3 Å². The van der Waals surface area contributed by atoms with Crippen molar-refractivity contribution in [3.63, 3.8) is 0 Å². The molecule has 1 atom stereocenters. The van der Waals surface area contributed by atoms with Crippen molar-refractivity contribution in [3.05, 3.63) is 78.6 Å². The lowest BCUT2D eigenvalue weighted by Crippen LogP contribution is -2.29. The van der Waals surface area contributed by atoms with Gasteiger partial charge in [0.05, 0.1) is 14.2 Å². The smallest absolute Gasteiger partial charge is 0.481 e. The van der Waals surface area contributed by atoms with Crippen molar-refractivity contribution in [1.29, 1.82) is 0 Å². The van der Waals surface area contributed by atoms with Gasteiger partial charge in [0.15, 0.2) is 0 Å². The molecule has 0 saturated carbocycles. The Morgan fingerprint density at radius 2 is 1.54 bits per heavy atom. The number of fused-ring (bicyclic) bond motifs is 1. The standard InChI is InChI=1S/C23H26N2O.C6H8BNO3/c1-17-4-3-12-25(17)13-11-18-5-6-20-15-21(8-7-19(20)14-18)22-9-10-23(26-2)24-16-22;1-11-6-3-2-5(4-8-6)7(9)10/h5-10,14-17H,3-4,11-13H2,1-2H3;2-4,9-10H,1H3/t17-;/m1./s1. The predicted octanol–water partition coefficient (Wildman–Crippen LogP) is 3.71. The van der Waals surface area contributed by atoms with Crippen LogP contribution >= 0.6 is 0 Å². The average molecular weight is 499 g/mol. The normalized spacial score (nSPS) is 15.2. The Bertz CT molecular complexity index is 1280. The minimum atomic E-state index is -1.46. The molecule has 0 radical (unpaired) electrons. The monoisotopic (exact) mass is 499 g/mol. The van der Waals surface area contributed by atoms with Crippen molar-refractivity contribution in [3.8, 4) is 22.9 Å². The van der Waals surface area contributed by atoms with Gasteiger partial charge in [0.1, 0.15) is 0 Å². The molecule has 2 aromatic heterocycles. The molecule has 1 aliphatic rings. The Hall–Kier alpha value is -3.46. The van der Waals surface area contributed by atoms with E-state index >= 15 is 0 Å². The summed E-state index contributed by atoms with van der Waals surface area (Å²) in [5.74, 6) is 1.10. The molecule has 192 valence electrons. The number of pyridine rings is 2. The van der Waals surface area contributed by atoms with E-state index in [1.807, 2.05) is 12.3 Å². The Balaban J connectivity index is 0.000000245. The zero-order chi connectivity index (χ0) is 26.2. The molecule has 2 aromatic carbocycles. The highest BCUT2D eigenvalue weighted by atomic mass is 16.5. The second-order valence-corrected chi connectivity index (χ2v) is 9.27. The third-order valence-corrected chi connectivity index (χ3v) is 6.83. The van der Waals surface area contributed by atoms with E-state index in [4.69, 9.17) is 19.5 Å². The third-order valence-electron chi connectivity index (χ3n) is 6.83. The van der Waals surface area contributed by atoms with Crippen LogP contribution in [0.5, 0.6) is 11.8 Å². The summed E-state index contributed by atoms with van der Waals surface area (Å²) >= 11 is 0. The largest absolute Gasteiger partial charge is 0.490 e. The molecule has 0 unspecified atom stereocenters. The quantitative estimate of drug-likeness (QED) is 0.375. The van der Waals surface area contributed by atoms with Crippen LogP contribution in [0, 0.1) is 0 Å². The number of rotatable bonds is 7. The molecule has 3 heterocycles. The number of benzene rings is 2. The van der Waals surface area contributed by atoms with E-state index < -0.39 is 7.12 Å². The number of ether oxygens (including phenoxy) is 2. The number of methoxy groups -OCH3 is 2. The van der Waals surface area contributed by atoms with Crippen LogP contribution in [-0.4, -0.2) is 65.4 Å². The van der Waals surface area contributed by atoms with Crippen LogP contribution in [0.25, 0.3) is 21.9 Å². The van der Waals surface area contributed by atoms with Crippen LogP contribution in [0.15, 0.2) is 73.1 Å². The van der Waals surface area contributed by atoms with Crippen LogP contribution in [0.4, 0.5) is 0 Å². The Kier molecular flexibility index (Phi) is 9.11. The summed E-state index contributed by atoms with van der Waals surface area (Å²) in [7, 11) is 1.67. The van der Waals surface area contributed by atoms with Gasteiger partial charge in [-0.2, -0.15) is 0 Å². The second kappa shape index (κ2) is 12.7. The summed E-state index contributed by atoms with van der Waals surface area (Å²) in [4.78, 5) is 10.7. The van der Waals surface area contributed by atoms with Gasteiger partial charge in [-0.15, -0.1) is 0 Å². The van der Waals surface area contributed by atoms with Crippen LogP contribution in [0.2, 0.25) is 0 Å². The lowest BCUT2D eigenvalue weighted by molar-refractivity contribution is 0.272. The molecule has 8 heteroatoms. The molecule has 0 bridgehead atoms. The van der Waals surface area contributed by atoms with E-state index in [0.29, 0.717) is 17.2 Å². The first-order valence-corrected chi connectivity index (χ1v) is 12.6. The Morgan fingerprint density at radius 3 is 2.14 bits per heavy atom. The van der Waals surface area contributed by atoms with Crippen LogP contribution < -0.4 is 14.9 Å². The number of aromatic nitrogens is 2. The van der Waals surface area contributed by atoms with Crippen LogP contribution in [0.3, 0.4) is 0 Å². The number of nitrogens with zero attached hydrogens (tertiary/aromatic N) is 3. The minimum Gasteiger partial charge on any atom is -0.481 e. The van der Waals surface area contributed by atoms with Gasteiger partial charge in [-0.25, -0.2) is 9.97 Å². The molecular weight excluding hydrogens is 465 g/mol. The summed E-state index contributed by atoms with van der Waals surface area (Å²) in [6.07, 6.45) is 7.04. The van der Waals surface area contributed by atoms with Gasteiger partial charge in [-0.05, 0) is 72.8 Å². The maximum absolute atomic E-state index is 8.66. The summed E-state index contributed by atoms with van der Waals surface area (Å²) in [5, 5.41) is 19.9. The summed E-state index contributed by atoms with van der Waals surface area (Å²) < 4.78 is 9.91. The Morgan fingerprint density at radius 1 is 0.865 bits per heavy atom. The van der Waals surface area contributed by atoms with Crippen molar-refractivity contribution in [2.45, 2.75) is 32.2 Å². The first-order valence-electron chi connectivity index (χ1n) is 12.6. The first-order chi connectivity index (χ1) is 18.0. The number of likely N-dealkylation sites (tertiary alicyclic amines) is 1. The van der Waals surface area contributed by atoms with E-state index in [1.165, 1.54) is 67.2 Å². The molecule has 5 rings (SSSR count). The van der Waals surface area contributed by atoms with Gasteiger partial charge in [-0.3, -0.25) is 0 Å². The maximum Gasteiger partial charge on any atom is 0.490 e. The van der Waals surface area contributed by atoms with Crippen molar-refractivity contribution in [1.82, 2.24) is 14.9 Å². The molecule has 2 N–H and O–H groups in total. The summed E-state index contributed by atoms with van der Waals surface area (Å²) in [6, 6.07) is 21.3. The molecule has 0 aliphatic carbocycles. The second-order valence-electron chi connectivity index (χ2n) is 9.27. The van der Waals surface area contributed by atoms with E-state index in [-0.39, 0.29) is 0 Å². The van der Waals surface area contributed by atoms with E-state index in [1.54, 1.807) is 13.2 Å². The highest BCUT2D eigenvalue weighted by Gasteiger charge is 2.19. The van der Waals surface area contributed by atoms with Crippen LogP contribution in [-0.2, 0) is 6.42 Å². The highest BCUT2D eigenvalue weighted by Crippen LogP contribution is 2.26. The van der Waals surface area contributed by atoms with Crippen molar-refractivity contribution in [2.24, 2.45) is 0 Å². The Labute approximate surface area is 218 Å². The summed E-state index contributed by atoms with van der Waals surface area (Å²) in [5.41, 5.74) is 4.08.